The van der Waals surface area contributed by atoms with Crippen LogP contribution in [0, 0.1) is 11.6 Å². The number of esters is 1. The number of benzene rings is 1. The van der Waals surface area contributed by atoms with Gasteiger partial charge in [0.2, 0.25) is 0 Å². The van der Waals surface area contributed by atoms with E-state index >= 15 is 0 Å². The maximum Gasteiger partial charge on any atom is 0.307 e. The molecule has 2 N–H and O–H groups in total. The van der Waals surface area contributed by atoms with Crippen molar-refractivity contribution in [3.05, 3.63) is 35.4 Å². The van der Waals surface area contributed by atoms with Crippen molar-refractivity contribution < 1.29 is 18.3 Å². The molecule has 0 fully saturated rings. The molecule has 0 saturated carbocycles. The Morgan fingerprint density at radius 3 is 2.40 bits per heavy atom. The number of halogens is 2. The van der Waals surface area contributed by atoms with Crippen molar-refractivity contribution in [2.45, 2.75) is 12.5 Å². The van der Waals surface area contributed by atoms with Gasteiger partial charge in [0.25, 0.3) is 0 Å². The minimum atomic E-state index is -0.761. The Kier molecular flexibility index (Phi) is 3.74. The molecule has 0 saturated heterocycles. The van der Waals surface area contributed by atoms with E-state index in [0.29, 0.717) is 0 Å². The Morgan fingerprint density at radius 2 is 1.93 bits per heavy atom. The summed E-state index contributed by atoms with van der Waals surface area (Å²) in [5.41, 5.74) is 5.81. The molecule has 1 unspecified atom stereocenters. The number of ether oxygens (including phenoxy) is 1. The predicted molar refractivity (Wildman–Crippen MR) is 49.9 cm³/mol. The molecule has 0 radical (unpaired) electrons. The fourth-order valence-corrected chi connectivity index (χ4v) is 1.17. The van der Waals surface area contributed by atoms with E-state index in [1.165, 1.54) is 7.11 Å². The standard InChI is InChI=1S/C10H11F2NO2/c1-15-10(14)5-9(13)6-2-7(11)4-8(12)3-6/h2-4,9H,5,13H2,1H3. The van der Waals surface area contributed by atoms with Crippen molar-refractivity contribution in [3.63, 3.8) is 0 Å². The van der Waals surface area contributed by atoms with Crippen LogP contribution in [0.2, 0.25) is 0 Å². The normalized spacial score (nSPS) is 12.3. The second-order valence-electron chi connectivity index (χ2n) is 3.09. The van der Waals surface area contributed by atoms with Gasteiger partial charge < -0.3 is 10.5 Å². The molecule has 0 heterocycles. The Labute approximate surface area is 85.8 Å². The third kappa shape index (κ3) is 3.28. The number of nitrogens with two attached hydrogens (primary N) is 1. The first kappa shape index (κ1) is 11.6. The molecular formula is C10H11F2NO2. The van der Waals surface area contributed by atoms with Crippen LogP contribution < -0.4 is 5.73 Å². The maximum atomic E-state index is 12.8. The van der Waals surface area contributed by atoms with E-state index in [1.54, 1.807) is 0 Å². The van der Waals surface area contributed by atoms with Gasteiger partial charge in [-0.3, -0.25) is 4.79 Å². The molecule has 0 amide bonds. The van der Waals surface area contributed by atoms with Crippen LogP contribution in [-0.4, -0.2) is 13.1 Å². The van der Waals surface area contributed by atoms with Gasteiger partial charge in [0, 0.05) is 12.1 Å². The number of rotatable bonds is 3. The summed E-state index contributed by atoms with van der Waals surface area (Å²) in [6, 6.07) is 2.17. The summed E-state index contributed by atoms with van der Waals surface area (Å²) >= 11 is 0. The van der Waals surface area contributed by atoms with E-state index in [2.05, 4.69) is 4.74 Å². The highest BCUT2D eigenvalue weighted by molar-refractivity contribution is 5.70. The second kappa shape index (κ2) is 4.84. The number of hydrogen-bond acceptors (Lipinski definition) is 3. The molecule has 0 aliphatic rings. The van der Waals surface area contributed by atoms with E-state index in [1.807, 2.05) is 0 Å². The van der Waals surface area contributed by atoms with Gasteiger partial charge in [0.1, 0.15) is 11.6 Å². The summed E-state index contributed by atoms with van der Waals surface area (Å²) < 4.78 is 30.0. The number of methoxy groups -OCH3 is 1. The molecule has 0 aliphatic heterocycles. The van der Waals surface area contributed by atoms with Crippen molar-refractivity contribution in [2.75, 3.05) is 7.11 Å². The van der Waals surface area contributed by atoms with E-state index < -0.39 is 23.6 Å². The fourth-order valence-electron chi connectivity index (χ4n) is 1.17. The average Bonchev–Trinajstić information content (AvgIpc) is 2.16. The number of hydrogen-bond donors (Lipinski definition) is 1. The monoisotopic (exact) mass is 215 g/mol. The van der Waals surface area contributed by atoms with Gasteiger partial charge in [0.15, 0.2) is 0 Å². The number of carbonyl (C=O) groups is 1. The average molecular weight is 215 g/mol. The van der Waals surface area contributed by atoms with Crippen LogP contribution in [0.5, 0.6) is 0 Å². The molecule has 3 nitrogen and oxygen atoms in total. The van der Waals surface area contributed by atoms with E-state index in [0.717, 1.165) is 18.2 Å². The van der Waals surface area contributed by atoms with E-state index in [-0.39, 0.29) is 12.0 Å². The molecule has 1 rings (SSSR count). The zero-order valence-electron chi connectivity index (χ0n) is 8.17. The lowest BCUT2D eigenvalue weighted by molar-refractivity contribution is -0.141. The Bertz CT molecular complexity index is 348. The van der Waals surface area contributed by atoms with Crippen LogP contribution in [0.4, 0.5) is 8.78 Å². The molecule has 0 aliphatic carbocycles. The Balaban J connectivity index is 2.81. The topological polar surface area (TPSA) is 52.3 Å². The lowest BCUT2D eigenvalue weighted by Gasteiger charge is -2.10. The summed E-state index contributed by atoms with van der Waals surface area (Å²) in [6.07, 6.45) is -0.112. The van der Waals surface area contributed by atoms with Gasteiger partial charge in [0.05, 0.1) is 13.5 Å². The molecule has 1 aromatic rings. The zero-order valence-corrected chi connectivity index (χ0v) is 8.17. The van der Waals surface area contributed by atoms with Crippen molar-refractivity contribution in [2.24, 2.45) is 5.73 Å². The van der Waals surface area contributed by atoms with Crippen LogP contribution in [0.3, 0.4) is 0 Å². The summed E-state index contributed by atoms with van der Waals surface area (Å²) in [4.78, 5) is 10.9. The third-order valence-corrected chi connectivity index (χ3v) is 1.93. The van der Waals surface area contributed by atoms with Gasteiger partial charge in [-0.25, -0.2) is 8.78 Å². The van der Waals surface area contributed by atoms with Crippen LogP contribution in [0.1, 0.15) is 18.0 Å². The van der Waals surface area contributed by atoms with E-state index in [4.69, 9.17) is 5.73 Å². The summed E-state index contributed by atoms with van der Waals surface area (Å²) in [7, 11) is 1.22. The highest BCUT2D eigenvalue weighted by Gasteiger charge is 2.13. The van der Waals surface area contributed by atoms with Crippen molar-refractivity contribution >= 4 is 5.97 Å². The summed E-state index contributed by atoms with van der Waals surface area (Å²) in [6.45, 7) is 0. The first-order valence-corrected chi connectivity index (χ1v) is 4.31. The van der Waals surface area contributed by atoms with Crippen LogP contribution in [0.15, 0.2) is 18.2 Å². The highest BCUT2D eigenvalue weighted by Crippen LogP contribution is 2.17. The minimum absolute atomic E-state index is 0.112. The first-order chi connectivity index (χ1) is 7.02. The van der Waals surface area contributed by atoms with Crippen molar-refractivity contribution in [3.8, 4) is 0 Å². The molecule has 0 spiro atoms. The highest BCUT2D eigenvalue weighted by atomic mass is 19.1. The van der Waals surface area contributed by atoms with Crippen LogP contribution in [-0.2, 0) is 9.53 Å². The second-order valence-corrected chi connectivity index (χ2v) is 3.09. The smallest absolute Gasteiger partial charge is 0.307 e. The van der Waals surface area contributed by atoms with Gasteiger partial charge in [-0.2, -0.15) is 0 Å². The SMILES string of the molecule is COC(=O)CC(N)c1cc(F)cc(F)c1. The fraction of sp³-hybridized carbons (Fsp3) is 0.300. The van der Waals surface area contributed by atoms with Gasteiger partial charge in [-0.15, -0.1) is 0 Å². The Morgan fingerprint density at radius 1 is 1.40 bits per heavy atom. The minimum Gasteiger partial charge on any atom is -0.469 e. The van der Waals surface area contributed by atoms with Crippen LogP contribution >= 0.6 is 0 Å². The first-order valence-electron chi connectivity index (χ1n) is 4.31. The maximum absolute atomic E-state index is 12.8. The largest absolute Gasteiger partial charge is 0.469 e. The molecule has 15 heavy (non-hydrogen) atoms. The van der Waals surface area contributed by atoms with Gasteiger partial charge in [-0.05, 0) is 17.7 Å². The molecular weight excluding hydrogens is 204 g/mol. The zero-order chi connectivity index (χ0) is 11.4. The predicted octanol–water partition coefficient (Wildman–Crippen LogP) is 1.53. The number of carbonyl (C=O) groups excluding carboxylic acids is 1. The van der Waals surface area contributed by atoms with Gasteiger partial charge >= 0.3 is 5.97 Å². The van der Waals surface area contributed by atoms with Crippen LogP contribution in [0.25, 0.3) is 0 Å². The molecule has 0 aromatic heterocycles. The van der Waals surface area contributed by atoms with Crippen molar-refractivity contribution in [1.29, 1.82) is 0 Å². The lowest BCUT2D eigenvalue weighted by atomic mass is 10.0. The van der Waals surface area contributed by atoms with Crippen molar-refractivity contribution in [1.82, 2.24) is 0 Å². The lowest BCUT2D eigenvalue weighted by Crippen LogP contribution is -2.16. The molecule has 82 valence electrons. The molecule has 5 heteroatoms. The summed E-state index contributed by atoms with van der Waals surface area (Å²) in [5.74, 6) is -1.96. The molecule has 1 aromatic carbocycles. The quantitative estimate of drug-likeness (QED) is 0.778. The summed E-state index contributed by atoms with van der Waals surface area (Å²) in [5, 5.41) is 0. The van der Waals surface area contributed by atoms with Gasteiger partial charge in [-0.1, -0.05) is 0 Å². The van der Waals surface area contributed by atoms with E-state index in [9.17, 15) is 13.6 Å². The molecule has 0 bridgehead atoms. The Hall–Kier alpha value is -1.49. The molecule has 1 atom stereocenters. The third-order valence-electron chi connectivity index (χ3n) is 1.93.